The third-order valence-corrected chi connectivity index (χ3v) is 4.43. The van der Waals surface area contributed by atoms with Crippen molar-refractivity contribution in [3.8, 4) is 0 Å². The minimum atomic E-state index is -0.274. The highest BCUT2D eigenvalue weighted by Gasteiger charge is 2.09. The molecule has 0 saturated carbocycles. The Morgan fingerprint density at radius 3 is 2.69 bits per heavy atom. The van der Waals surface area contributed by atoms with E-state index in [9.17, 15) is 9.18 Å². The molecular weight excluding hydrogens is 331 g/mol. The van der Waals surface area contributed by atoms with Crippen LogP contribution in [0, 0.1) is 5.82 Å². The fourth-order valence-corrected chi connectivity index (χ4v) is 2.92. The summed E-state index contributed by atoms with van der Waals surface area (Å²) in [6.45, 7) is 0.908. The van der Waals surface area contributed by atoms with Crippen LogP contribution >= 0.6 is 0 Å². The number of nitrogens with zero attached hydrogens (tertiary/aromatic N) is 2. The van der Waals surface area contributed by atoms with Crippen molar-refractivity contribution in [2.24, 2.45) is 0 Å². The molecule has 0 saturated heterocycles. The quantitative estimate of drug-likeness (QED) is 0.741. The average Bonchev–Trinajstić information content (AvgIpc) is 2.68. The van der Waals surface area contributed by atoms with Crippen molar-refractivity contribution < 1.29 is 9.18 Å². The molecule has 1 aromatic heterocycles. The molecule has 0 atom stereocenters. The molecule has 5 nitrogen and oxygen atoms in total. The SMILES string of the molecule is O=C(NCCC1=CCCCC1)c1cnc(NCc2ccccc2F)nc1. The van der Waals surface area contributed by atoms with Crippen LogP contribution in [0.4, 0.5) is 10.3 Å². The lowest BCUT2D eigenvalue weighted by atomic mass is 9.97. The van der Waals surface area contributed by atoms with Gasteiger partial charge in [-0.1, -0.05) is 29.8 Å². The summed E-state index contributed by atoms with van der Waals surface area (Å²) in [5.74, 6) is -0.0942. The van der Waals surface area contributed by atoms with Crippen molar-refractivity contribution in [2.75, 3.05) is 11.9 Å². The van der Waals surface area contributed by atoms with Gasteiger partial charge in [-0.2, -0.15) is 0 Å². The number of allylic oxidation sites excluding steroid dienone is 1. The van der Waals surface area contributed by atoms with Gasteiger partial charge >= 0.3 is 0 Å². The Morgan fingerprint density at radius 2 is 1.96 bits per heavy atom. The number of carbonyl (C=O) groups is 1. The molecule has 1 aliphatic rings. The molecule has 1 amide bonds. The van der Waals surface area contributed by atoms with Crippen LogP contribution in [0.5, 0.6) is 0 Å². The molecule has 0 spiro atoms. The second-order valence-electron chi connectivity index (χ2n) is 6.35. The number of rotatable bonds is 7. The van der Waals surface area contributed by atoms with Gasteiger partial charge in [-0.15, -0.1) is 0 Å². The lowest BCUT2D eigenvalue weighted by Gasteiger charge is -2.13. The number of amides is 1. The van der Waals surface area contributed by atoms with Crippen LogP contribution in [0.1, 0.15) is 48.0 Å². The number of benzene rings is 1. The van der Waals surface area contributed by atoms with E-state index in [0.29, 0.717) is 23.6 Å². The molecule has 6 heteroatoms. The summed E-state index contributed by atoms with van der Waals surface area (Å²) in [6.07, 6.45) is 10.9. The highest BCUT2D eigenvalue weighted by Crippen LogP contribution is 2.19. The predicted molar refractivity (Wildman–Crippen MR) is 99.3 cm³/mol. The molecule has 2 N–H and O–H groups in total. The summed E-state index contributed by atoms with van der Waals surface area (Å²) >= 11 is 0. The summed E-state index contributed by atoms with van der Waals surface area (Å²) < 4.78 is 13.6. The molecule has 0 unspecified atom stereocenters. The van der Waals surface area contributed by atoms with E-state index in [4.69, 9.17) is 0 Å². The fourth-order valence-electron chi connectivity index (χ4n) is 2.92. The first-order valence-electron chi connectivity index (χ1n) is 8.98. The molecule has 1 aromatic carbocycles. The molecule has 0 aliphatic heterocycles. The number of hydrogen-bond donors (Lipinski definition) is 2. The van der Waals surface area contributed by atoms with Crippen LogP contribution in [0.2, 0.25) is 0 Å². The Kier molecular flexibility index (Phi) is 6.30. The van der Waals surface area contributed by atoms with E-state index in [1.54, 1.807) is 18.2 Å². The van der Waals surface area contributed by atoms with Crippen molar-refractivity contribution in [2.45, 2.75) is 38.6 Å². The number of aromatic nitrogens is 2. The first kappa shape index (κ1) is 18.0. The minimum Gasteiger partial charge on any atom is -0.352 e. The molecule has 3 rings (SSSR count). The van der Waals surface area contributed by atoms with Gasteiger partial charge in [-0.05, 0) is 38.2 Å². The van der Waals surface area contributed by atoms with Crippen LogP contribution < -0.4 is 10.6 Å². The zero-order valence-corrected chi connectivity index (χ0v) is 14.7. The molecule has 2 aromatic rings. The van der Waals surface area contributed by atoms with Gasteiger partial charge in [0.25, 0.3) is 5.91 Å². The topological polar surface area (TPSA) is 66.9 Å². The van der Waals surface area contributed by atoms with Gasteiger partial charge in [0, 0.05) is 31.0 Å². The van der Waals surface area contributed by atoms with Crippen molar-refractivity contribution in [1.82, 2.24) is 15.3 Å². The first-order chi connectivity index (χ1) is 12.7. The Morgan fingerprint density at radius 1 is 1.15 bits per heavy atom. The maximum Gasteiger partial charge on any atom is 0.254 e. The number of anilines is 1. The number of carbonyl (C=O) groups excluding carboxylic acids is 1. The maximum absolute atomic E-state index is 13.6. The number of nitrogens with one attached hydrogen (secondary N) is 2. The van der Waals surface area contributed by atoms with Crippen LogP contribution in [-0.2, 0) is 6.54 Å². The smallest absolute Gasteiger partial charge is 0.254 e. The van der Waals surface area contributed by atoms with E-state index in [-0.39, 0.29) is 18.3 Å². The van der Waals surface area contributed by atoms with E-state index in [0.717, 1.165) is 19.3 Å². The molecule has 136 valence electrons. The van der Waals surface area contributed by atoms with Crippen molar-refractivity contribution in [3.63, 3.8) is 0 Å². The fraction of sp³-hybridized carbons (Fsp3) is 0.350. The van der Waals surface area contributed by atoms with E-state index >= 15 is 0 Å². The second-order valence-corrected chi connectivity index (χ2v) is 6.35. The van der Waals surface area contributed by atoms with Crippen LogP contribution in [-0.4, -0.2) is 22.4 Å². The van der Waals surface area contributed by atoms with Crippen molar-refractivity contribution in [3.05, 3.63) is 65.3 Å². The number of hydrogen-bond acceptors (Lipinski definition) is 4. The molecule has 0 bridgehead atoms. The maximum atomic E-state index is 13.6. The summed E-state index contributed by atoms with van der Waals surface area (Å²) in [6, 6.07) is 6.53. The third-order valence-electron chi connectivity index (χ3n) is 4.43. The van der Waals surface area contributed by atoms with Gasteiger partial charge < -0.3 is 10.6 Å². The Hall–Kier alpha value is -2.76. The first-order valence-corrected chi connectivity index (χ1v) is 8.98. The van der Waals surface area contributed by atoms with E-state index < -0.39 is 0 Å². The van der Waals surface area contributed by atoms with E-state index in [1.165, 1.54) is 36.9 Å². The van der Waals surface area contributed by atoms with Gasteiger partial charge in [0.1, 0.15) is 5.82 Å². The van der Waals surface area contributed by atoms with Crippen molar-refractivity contribution >= 4 is 11.9 Å². The van der Waals surface area contributed by atoms with Crippen LogP contribution in [0.25, 0.3) is 0 Å². The zero-order valence-electron chi connectivity index (χ0n) is 14.7. The molecule has 0 fully saturated rings. The minimum absolute atomic E-state index is 0.179. The molecular formula is C20H23FN4O. The Labute approximate surface area is 152 Å². The molecule has 1 heterocycles. The highest BCUT2D eigenvalue weighted by molar-refractivity contribution is 5.93. The summed E-state index contributed by atoms with van der Waals surface area (Å²) in [4.78, 5) is 20.4. The summed E-state index contributed by atoms with van der Waals surface area (Å²) in [5, 5.41) is 5.85. The number of halogens is 1. The van der Waals surface area contributed by atoms with Gasteiger partial charge in [0.2, 0.25) is 5.95 Å². The highest BCUT2D eigenvalue weighted by atomic mass is 19.1. The monoisotopic (exact) mass is 354 g/mol. The lowest BCUT2D eigenvalue weighted by Crippen LogP contribution is -2.25. The van der Waals surface area contributed by atoms with Gasteiger partial charge in [0.05, 0.1) is 5.56 Å². The summed E-state index contributed by atoms with van der Waals surface area (Å²) in [7, 11) is 0. The Bertz CT molecular complexity index is 774. The lowest BCUT2D eigenvalue weighted by molar-refractivity contribution is 0.0953. The summed E-state index contributed by atoms with van der Waals surface area (Å²) in [5.41, 5.74) is 2.38. The normalized spacial score (nSPS) is 13.8. The average molecular weight is 354 g/mol. The Balaban J connectivity index is 1.46. The van der Waals surface area contributed by atoms with E-state index in [2.05, 4.69) is 26.7 Å². The largest absolute Gasteiger partial charge is 0.352 e. The zero-order chi connectivity index (χ0) is 18.2. The van der Waals surface area contributed by atoms with Crippen molar-refractivity contribution in [1.29, 1.82) is 0 Å². The van der Waals surface area contributed by atoms with E-state index in [1.807, 2.05) is 0 Å². The standard InChI is InChI=1S/C20H23FN4O/c21-18-9-5-4-8-16(18)12-23-20-24-13-17(14-25-20)19(26)22-11-10-15-6-2-1-3-7-15/h4-6,8-9,13-14H,1-3,7,10-12H2,(H,22,26)(H,23,24,25). The molecule has 26 heavy (non-hydrogen) atoms. The van der Waals surface area contributed by atoms with Crippen LogP contribution in [0.3, 0.4) is 0 Å². The van der Waals surface area contributed by atoms with Gasteiger partial charge in [0.15, 0.2) is 0 Å². The second kappa shape index (κ2) is 9.08. The predicted octanol–water partition coefficient (Wildman–Crippen LogP) is 3.85. The molecule has 0 radical (unpaired) electrons. The van der Waals surface area contributed by atoms with Gasteiger partial charge in [-0.25, -0.2) is 14.4 Å². The van der Waals surface area contributed by atoms with Crippen LogP contribution in [0.15, 0.2) is 48.3 Å². The third kappa shape index (κ3) is 5.12. The van der Waals surface area contributed by atoms with Gasteiger partial charge in [-0.3, -0.25) is 4.79 Å². The molecule has 1 aliphatic carbocycles.